The van der Waals surface area contributed by atoms with E-state index in [1.54, 1.807) is 0 Å². The SMILES string of the molecule is [CH]1CCN(CCCNc2ccccc2)CC1. The van der Waals surface area contributed by atoms with Gasteiger partial charge in [0.25, 0.3) is 0 Å². The van der Waals surface area contributed by atoms with E-state index in [2.05, 4.69) is 47.0 Å². The highest BCUT2D eigenvalue weighted by molar-refractivity contribution is 5.42. The second-order valence-electron chi connectivity index (χ2n) is 4.35. The van der Waals surface area contributed by atoms with Gasteiger partial charge in [0.05, 0.1) is 0 Å². The number of nitrogens with zero attached hydrogens (tertiary/aromatic N) is 1. The lowest BCUT2D eigenvalue weighted by atomic mass is 10.1. The first-order valence-electron chi connectivity index (χ1n) is 6.28. The zero-order valence-corrected chi connectivity index (χ0v) is 9.86. The lowest BCUT2D eigenvalue weighted by Crippen LogP contribution is -2.31. The maximum absolute atomic E-state index is 3.45. The molecule has 1 aromatic rings. The van der Waals surface area contributed by atoms with Gasteiger partial charge >= 0.3 is 0 Å². The van der Waals surface area contributed by atoms with Crippen molar-refractivity contribution in [2.24, 2.45) is 0 Å². The molecule has 1 saturated heterocycles. The Kier molecular flexibility index (Phi) is 4.69. The molecule has 1 aliphatic heterocycles. The number of nitrogens with one attached hydrogen (secondary N) is 1. The maximum atomic E-state index is 3.45. The molecule has 16 heavy (non-hydrogen) atoms. The Morgan fingerprint density at radius 3 is 2.56 bits per heavy atom. The predicted octanol–water partition coefficient (Wildman–Crippen LogP) is 2.79. The number of likely N-dealkylation sites (tertiary alicyclic amines) is 1. The van der Waals surface area contributed by atoms with Crippen LogP contribution in [-0.2, 0) is 0 Å². The minimum absolute atomic E-state index is 1.07. The number of para-hydroxylation sites is 1. The van der Waals surface area contributed by atoms with E-state index in [1.165, 1.54) is 44.6 Å². The van der Waals surface area contributed by atoms with Gasteiger partial charge in [-0.25, -0.2) is 0 Å². The molecule has 2 nitrogen and oxygen atoms in total. The fraction of sp³-hybridized carbons (Fsp3) is 0.500. The first-order chi connectivity index (χ1) is 7.95. The molecule has 0 aliphatic carbocycles. The van der Waals surface area contributed by atoms with Gasteiger partial charge in [-0.2, -0.15) is 0 Å². The predicted molar refractivity (Wildman–Crippen MR) is 69.5 cm³/mol. The summed E-state index contributed by atoms with van der Waals surface area (Å²) in [6.07, 6.45) is 6.17. The second-order valence-corrected chi connectivity index (χ2v) is 4.35. The smallest absolute Gasteiger partial charge is 0.0340 e. The van der Waals surface area contributed by atoms with Gasteiger partial charge in [-0.3, -0.25) is 0 Å². The lowest BCUT2D eigenvalue weighted by molar-refractivity contribution is 0.253. The Morgan fingerprint density at radius 2 is 1.81 bits per heavy atom. The third-order valence-electron chi connectivity index (χ3n) is 3.05. The minimum atomic E-state index is 1.07. The highest BCUT2D eigenvalue weighted by Gasteiger charge is 2.08. The molecule has 1 aromatic carbocycles. The van der Waals surface area contributed by atoms with Gasteiger partial charge in [0.2, 0.25) is 0 Å². The molecule has 2 rings (SSSR count). The normalized spacial score (nSPS) is 17.2. The largest absolute Gasteiger partial charge is 0.385 e. The van der Waals surface area contributed by atoms with Crippen LogP contribution in [0.5, 0.6) is 0 Å². The van der Waals surface area contributed by atoms with Gasteiger partial charge in [-0.05, 0) is 57.5 Å². The van der Waals surface area contributed by atoms with E-state index < -0.39 is 0 Å². The minimum Gasteiger partial charge on any atom is -0.385 e. The Labute approximate surface area is 98.7 Å². The van der Waals surface area contributed by atoms with Crippen molar-refractivity contribution >= 4 is 5.69 Å². The standard InChI is InChI=1S/C14H21N2/c1-3-8-14(9-4-1)15-10-7-13-16-11-5-2-6-12-16/h1-4,8-9,15H,5-7,10-13H2. The summed E-state index contributed by atoms with van der Waals surface area (Å²) in [5.41, 5.74) is 1.23. The van der Waals surface area contributed by atoms with Crippen LogP contribution in [0.3, 0.4) is 0 Å². The summed E-state index contributed by atoms with van der Waals surface area (Å²) in [5.74, 6) is 0. The summed E-state index contributed by atoms with van der Waals surface area (Å²) < 4.78 is 0. The van der Waals surface area contributed by atoms with Gasteiger partial charge in [0, 0.05) is 12.2 Å². The van der Waals surface area contributed by atoms with E-state index in [9.17, 15) is 0 Å². The van der Waals surface area contributed by atoms with E-state index in [0.29, 0.717) is 0 Å². The second kappa shape index (κ2) is 6.54. The molecule has 1 fully saturated rings. The highest BCUT2D eigenvalue weighted by atomic mass is 15.1. The fourth-order valence-electron chi connectivity index (χ4n) is 2.12. The average molecular weight is 217 g/mol. The van der Waals surface area contributed by atoms with Gasteiger partial charge in [-0.1, -0.05) is 18.2 Å². The molecule has 0 atom stereocenters. The maximum Gasteiger partial charge on any atom is 0.0340 e. The monoisotopic (exact) mass is 217 g/mol. The van der Waals surface area contributed by atoms with Crippen molar-refractivity contribution in [1.29, 1.82) is 0 Å². The van der Waals surface area contributed by atoms with Crippen LogP contribution in [-0.4, -0.2) is 31.1 Å². The van der Waals surface area contributed by atoms with Crippen molar-refractivity contribution in [3.63, 3.8) is 0 Å². The average Bonchev–Trinajstić information content (AvgIpc) is 2.37. The molecule has 2 heteroatoms. The first-order valence-corrected chi connectivity index (χ1v) is 6.28. The van der Waals surface area contributed by atoms with Gasteiger partial charge in [-0.15, -0.1) is 0 Å². The topological polar surface area (TPSA) is 15.3 Å². The molecule has 1 aliphatic rings. The number of hydrogen-bond acceptors (Lipinski definition) is 2. The van der Waals surface area contributed by atoms with Crippen LogP contribution >= 0.6 is 0 Å². The molecule has 1 N–H and O–H groups in total. The Morgan fingerprint density at radius 1 is 1.06 bits per heavy atom. The Hall–Kier alpha value is -1.02. The van der Waals surface area contributed by atoms with Crippen LogP contribution in [0.25, 0.3) is 0 Å². The van der Waals surface area contributed by atoms with Crippen LogP contribution in [0.2, 0.25) is 0 Å². The van der Waals surface area contributed by atoms with Crippen LogP contribution in [0.1, 0.15) is 19.3 Å². The Balaban J connectivity index is 1.58. The molecule has 0 spiro atoms. The van der Waals surface area contributed by atoms with Crippen molar-refractivity contribution < 1.29 is 0 Å². The number of piperidine rings is 1. The molecule has 1 heterocycles. The van der Waals surface area contributed by atoms with Gasteiger partial charge in [0.15, 0.2) is 0 Å². The van der Waals surface area contributed by atoms with Crippen molar-refractivity contribution in [2.75, 3.05) is 31.5 Å². The lowest BCUT2D eigenvalue weighted by Gasteiger charge is -2.26. The van der Waals surface area contributed by atoms with Crippen molar-refractivity contribution in [3.8, 4) is 0 Å². The molecule has 0 saturated carbocycles. The molecule has 0 bridgehead atoms. The third-order valence-corrected chi connectivity index (χ3v) is 3.05. The highest BCUT2D eigenvalue weighted by Crippen LogP contribution is 2.08. The van der Waals surface area contributed by atoms with Crippen LogP contribution < -0.4 is 5.32 Å². The van der Waals surface area contributed by atoms with Gasteiger partial charge in [0.1, 0.15) is 0 Å². The third kappa shape index (κ3) is 3.86. The molecule has 0 aromatic heterocycles. The number of anilines is 1. The number of benzene rings is 1. The summed E-state index contributed by atoms with van der Waals surface area (Å²) in [6.45, 7) is 4.81. The summed E-state index contributed by atoms with van der Waals surface area (Å²) in [7, 11) is 0. The van der Waals surface area contributed by atoms with Crippen LogP contribution in [0.15, 0.2) is 30.3 Å². The zero-order valence-electron chi connectivity index (χ0n) is 9.86. The van der Waals surface area contributed by atoms with E-state index >= 15 is 0 Å². The van der Waals surface area contributed by atoms with E-state index in [4.69, 9.17) is 0 Å². The molecule has 0 amide bonds. The summed E-state index contributed by atoms with van der Waals surface area (Å²) in [4.78, 5) is 2.56. The van der Waals surface area contributed by atoms with Crippen LogP contribution in [0.4, 0.5) is 5.69 Å². The fourth-order valence-corrected chi connectivity index (χ4v) is 2.12. The summed E-state index contributed by atoms with van der Waals surface area (Å²) >= 11 is 0. The van der Waals surface area contributed by atoms with Gasteiger partial charge < -0.3 is 10.2 Å². The van der Waals surface area contributed by atoms with E-state index in [-0.39, 0.29) is 0 Å². The molecule has 0 unspecified atom stereocenters. The number of hydrogen-bond donors (Lipinski definition) is 1. The molecular weight excluding hydrogens is 196 g/mol. The molecule has 1 radical (unpaired) electrons. The zero-order chi connectivity index (χ0) is 11.1. The van der Waals surface area contributed by atoms with Crippen molar-refractivity contribution in [3.05, 3.63) is 36.8 Å². The molecular formula is C14H21N2. The van der Waals surface area contributed by atoms with Crippen molar-refractivity contribution in [1.82, 2.24) is 4.90 Å². The number of rotatable bonds is 5. The summed E-state index contributed by atoms with van der Waals surface area (Å²) in [6, 6.07) is 10.4. The van der Waals surface area contributed by atoms with E-state index in [0.717, 1.165) is 6.54 Å². The molecule has 87 valence electrons. The first kappa shape index (κ1) is 11.5. The van der Waals surface area contributed by atoms with Crippen LogP contribution in [0, 0.1) is 6.42 Å². The summed E-state index contributed by atoms with van der Waals surface area (Å²) in [5, 5.41) is 3.45. The van der Waals surface area contributed by atoms with E-state index in [1.807, 2.05) is 0 Å². The van der Waals surface area contributed by atoms with Crippen molar-refractivity contribution in [2.45, 2.75) is 19.3 Å². The quantitative estimate of drug-likeness (QED) is 0.763. The Bertz CT molecular complexity index is 278.